The van der Waals surface area contributed by atoms with E-state index in [0.29, 0.717) is 5.41 Å². The highest BCUT2D eigenvalue weighted by Crippen LogP contribution is 2.17. The molecule has 0 saturated heterocycles. The van der Waals surface area contributed by atoms with Gasteiger partial charge in [0.05, 0.1) is 0 Å². The van der Waals surface area contributed by atoms with Crippen LogP contribution in [0.5, 0.6) is 0 Å². The first-order chi connectivity index (χ1) is 7.83. The van der Waals surface area contributed by atoms with Gasteiger partial charge in [0.25, 0.3) is 0 Å². The van der Waals surface area contributed by atoms with Crippen LogP contribution in [0.1, 0.15) is 52.9 Å². The molecule has 0 aromatic heterocycles. The molecule has 0 spiro atoms. The first-order valence-corrected chi connectivity index (χ1v) is 6.79. The monoisotopic (exact) mass is 242 g/mol. The predicted molar refractivity (Wildman–Crippen MR) is 80.3 cm³/mol. The number of rotatable bonds is 7. The second kappa shape index (κ2) is 12.1. The summed E-state index contributed by atoms with van der Waals surface area (Å²) in [6.07, 6.45) is 8.04. The lowest BCUT2D eigenvalue weighted by molar-refractivity contribution is 0.297. The molecule has 0 aliphatic carbocycles. The molecule has 0 heterocycles. The van der Waals surface area contributed by atoms with E-state index in [4.69, 9.17) is 5.73 Å². The molecule has 17 heavy (non-hydrogen) atoms. The van der Waals surface area contributed by atoms with Crippen molar-refractivity contribution in [3.8, 4) is 0 Å². The molecule has 0 bridgehead atoms. The van der Waals surface area contributed by atoms with Crippen molar-refractivity contribution in [2.24, 2.45) is 11.1 Å². The maximum atomic E-state index is 5.28. The summed E-state index contributed by atoms with van der Waals surface area (Å²) in [4.78, 5) is 2.23. The van der Waals surface area contributed by atoms with E-state index in [-0.39, 0.29) is 0 Å². The lowest BCUT2D eigenvalue weighted by Gasteiger charge is -2.20. The van der Waals surface area contributed by atoms with Crippen LogP contribution in [0, 0.1) is 5.41 Å². The summed E-state index contributed by atoms with van der Waals surface area (Å²) in [5.74, 6) is 0. The van der Waals surface area contributed by atoms with Gasteiger partial charge in [0.15, 0.2) is 0 Å². The highest BCUT2D eigenvalue weighted by atomic mass is 15.0. The normalized spacial score (nSPS) is 11.0. The average Bonchev–Trinajstić information content (AvgIpc) is 2.22. The third-order valence-electron chi connectivity index (χ3n) is 2.42. The van der Waals surface area contributed by atoms with E-state index in [1.165, 1.54) is 25.8 Å². The Balaban J connectivity index is 0. The van der Waals surface area contributed by atoms with Crippen LogP contribution >= 0.6 is 0 Å². The fourth-order valence-corrected chi connectivity index (χ4v) is 1.17. The van der Waals surface area contributed by atoms with Gasteiger partial charge in [-0.2, -0.15) is 0 Å². The van der Waals surface area contributed by atoms with Crippen LogP contribution in [0.25, 0.3) is 0 Å². The van der Waals surface area contributed by atoms with Gasteiger partial charge in [-0.25, -0.2) is 0 Å². The molecule has 2 heteroatoms. The third kappa shape index (κ3) is 25.7. The number of nitrogens with two attached hydrogens (primary N) is 1. The molecule has 0 rings (SSSR count). The molecule has 2 nitrogen and oxygen atoms in total. The SMILES string of the molecule is C=CCCCCCN.CN(C)CCC(C)(C)C. The van der Waals surface area contributed by atoms with Crippen molar-refractivity contribution in [2.45, 2.75) is 52.9 Å². The quantitative estimate of drug-likeness (QED) is 0.545. The first-order valence-electron chi connectivity index (χ1n) is 6.79. The first kappa shape index (κ1) is 19.0. The van der Waals surface area contributed by atoms with E-state index in [2.05, 4.69) is 46.3 Å². The molecule has 0 aliphatic rings. The Hall–Kier alpha value is -0.340. The fourth-order valence-electron chi connectivity index (χ4n) is 1.17. The minimum absolute atomic E-state index is 0.490. The lowest BCUT2D eigenvalue weighted by atomic mass is 9.92. The average molecular weight is 242 g/mol. The van der Waals surface area contributed by atoms with E-state index in [9.17, 15) is 0 Å². The van der Waals surface area contributed by atoms with Gasteiger partial charge < -0.3 is 10.6 Å². The maximum absolute atomic E-state index is 5.28. The molecule has 0 amide bonds. The van der Waals surface area contributed by atoms with Crippen molar-refractivity contribution >= 4 is 0 Å². The van der Waals surface area contributed by atoms with Crippen molar-refractivity contribution in [2.75, 3.05) is 27.2 Å². The van der Waals surface area contributed by atoms with Crippen LogP contribution in [0.4, 0.5) is 0 Å². The second-order valence-corrected chi connectivity index (χ2v) is 6.04. The lowest BCUT2D eigenvalue weighted by Crippen LogP contribution is -2.19. The van der Waals surface area contributed by atoms with Crippen molar-refractivity contribution in [1.82, 2.24) is 4.90 Å². The highest BCUT2D eigenvalue weighted by Gasteiger charge is 2.09. The smallest absolute Gasteiger partial charge is 0.00198 e. The standard InChI is InChI=1S/C8H19N.C7H15N/c1-8(2,3)6-7-9(4)5;1-2-3-4-5-6-7-8/h6-7H2,1-5H3;2H,1,3-8H2. The van der Waals surface area contributed by atoms with Crippen molar-refractivity contribution in [3.05, 3.63) is 12.7 Å². The zero-order valence-electron chi connectivity index (χ0n) is 12.8. The van der Waals surface area contributed by atoms with Crippen LogP contribution in [0.3, 0.4) is 0 Å². The Labute approximate surface area is 109 Å². The number of unbranched alkanes of at least 4 members (excludes halogenated alkanes) is 3. The number of hydrogen-bond acceptors (Lipinski definition) is 2. The second-order valence-electron chi connectivity index (χ2n) is 6.04. The van der Waals surface area contributed by atoms with E-state index >= 15 is 0 Å². The molecular formula is C15H34N2. The summed E-state index contributed by atoms with van der Waals surface area (Å²) in [5, 5.41) is 0. The highest BCUT2D eigenvalue weighted by molar-refractivity contribution is 4.65. The summed E-state index contributed by atoms with van der Waals surface area (Å²) >= 11 is 0. The fraction of sp³-hybridized carbons (Fsp3) is 0.867. The van der Waals surface area contributed by atoms with E-state index < -0.39 is 0 Å². The summed E-state index contributed by atoms with van der Waals surface area (Å²) in [7, 11) is 4.23. The molecule has 0 saturated carbocycles. The molecule has 0 aromatic rings. The summed E-state index contributed by atoms with van der Waals surface area (Å²) in [5.41, 5.74) is 5.78. The van der Waals surface area contributed by atoms with E-state index in [1.807, 2.05) is 6.08 Å². The van der Waals surface area contributed by atoms with Crippen molar-refractivity contribution in [3.63, 3.8) is 0 Å². The van der Waals surface area contributed by atoms with Gasteiger partial charge in [0, 0.05) is 0 Å². The minimum atomic E-state index is 0.490. The molecule has 0 unspecified atom stereocenters. The van der Waals surface area contributed by atoms with E-state index in [1.54, 1.807) is 0 Å². The maximum Gasteiger partial charge on any atom is -0.00198 e. The molecule has 0 atom stereocenters. The third-order valence-corrected chi connectivity index (χ3v) is 2.42. The Morgan fingerprint density at radius 3 is 2.00 bits per heavy atom. The summed E-state index contributed by atoms with van der Waals surface area (Å²) in [6.45, 7) is 12.5. The Bertz CT molecular complexity index is 157. The number of hydrogen-bond donors (Lipinski definition) is 1. The zero-order valence-corrected chi connectivity index (χ0v) is 12.8. The Morgan fingerprint density at radius 1 is 1.12 bits per heavy atom. The van der Waals surface area contributed by atoms with Crippen LogP contribution < -0.4 is 5.73 Å². The Kier molecular flexibility index (Phi) is 13.6. The van der Waals surface area contributed by atoms with Gasteiger partial charge in [-0.15, -0.1) is 6.58 Å². The van der Waals surface area contributed by atoms with Gasteiger partial charge in [0.2, 0.25) is 0 Å². The molecule has 0 fully saturated rings. The van der Waals surface area contributed by atoms with Gasteiger partial charge in [-0.1, -0.05) is 33.3 Å². The van der Waals surface area contributed by atoms with Crippen LogP contribution in [0.15, 0.2) is 12.7 Å². The predicted octanol–water partition coefficient (Wildman–Crippen LogP) is 3.68. The van der Waals surface area contributed by atoms with Gasteiger partial charge >= 0.3 is 0 Å². The molecule has 0 aromatic carbocycles. The Morgan fingerprint density at radius 2 is 1.71 bits per heavy atom. The van der Waals surface area contributed by atoms with Crippen LogP contribution in [-0.2, 0) is 0 Å². The molecule has 104 valence electrons. The zero-order chi connectivity index (χ0) is 13.7. The topological polar surface area (TPSA) is 29.3 Å². The van der Waals surface area contributed by atoms with Crippen LogP contribution in [-0.4, -0.2) is 32.1 Å². The largest absolute Gasteiger partial charge is 0.330 e. The minimum Gasteiger partial charge on any atom is -0.330 e. The number of nitrogens with zero attached hydrogens (tertiary/aromatic N) is 1. The van der Waals surface area contributed by atoms with Crippen molar-refractivity contribution in [1.29, 1.82) is 0 Å². The molecular weight excluding hydrogens is 208 g/mol. The van der Waals surface area contributed by atoms with Gasteiger partial charge in [0.1, 0.15) is 0 Å². The molecule has 0 radical (unpaired) electrons. The number of allylic oxidation sites excluding steroid dienone is 1. The molecule has 2 N–H and O–H groups in total. The summed E-state index contributed by atoms with van der Waals surface area (Å²) in [6, 6.07) is 0. The van der Waals surface area contributed by atoms with Crippen LogP contribution in [0.2, 0.25) is 0 Å². The van der Waals surface area contributed by atoms with Crippen molar-refractivity contribution < 1.29 is 0 Å². The van der Waals surface area contributed by atoms with E-state index in [0.717, 1.165) is 19.4 Å². The molecule has 0 aliphatic heterocycles. The summed E-state index contributed by atoms with van der Waals surface area (Å²) < 4.78 is 0. The van der Waals surface area contributed by atoms with Gasteiger partial charge in [-0.3, -0.25) is 0 Å². The van der Waals surface area contributed by atoms with Gasteiger partial charge in [-0.05, 0) is 58.3 Å².